The molecule has 5 rings (SSSR count). The summed E-state index contributed by atoms with van der Waals surface area (Å²) in [7, 11) is 6.08. The lowest BCUT2D eigenvalue weighted by atomic mass is 10.1. The highest BCUT2D eigenvalue weighted by molar-refractivity contribution is 7.14. The molecule has 4 aromatic rings. The molecule has 4 aromatic heterocycles. The summed E-state index contributed by atoms with van der Waals surface area (Å²) < 4.78 is 7.59. The minimum Gasteiger partial charge on any atom is -0.308 e. The Bertz CT molecular complexity index is 1150. The summed E-state index contributed by atoms with van der Waals surface area (Å²) in [5.41, 5.74) is 6.71. The Morgan fingerprint density at radius 2 is 2.04 bits per heavy atom. The molecule has 0 saturated heterocycles. The van der Waals surface area contributed by atoms with E-state index in [0.717, 1.165) is 50.8 Å². The largest absolute Gasteiger partial charge is 0.308 e. The molecule has 27 heavy (non-hydrogen) atoms. The van der Waals surface area contributed by atoms with Gasteiger partial charge in [-0.25, -0.2) is 9.99 Å². The second-order valence-electron chi connectivity index (χ2n) is 6.53. The van der Waals surface area contributed by atoms with Gasteiger partial charge in [0.05, 0.1) is 27.5 Å². The molecule has 0 saturated carbocycles. The average Bonchev–Trinajstić information content (AvgIpc) is 3.43. The van der Waals surface area contributed by atoms with E-state index in [9.17, 15) is 0 Å². The van der Waals surface area contributed by atoms with E-state index in [0.29, 0.717) is 0 Å². The van der Waals surface area contributed by atoms with Gasteiger partial charge in [-0.2, -0.15) is 14.6 Å². The van der Waals surface area contributed by atoms with Crippen molar-refractivity contribution in [2.75, 3.05) is 20.6 Å². The molecule has 0 radical (unpaired) electrons. The summed E-state index contributed by atoms with van der Waals surface area (Å²) in [6.45, 7) is 0.878. The van der Waals surface area contributed by atoms with Crippen LogP contribution in [0.15, 0.2) is 36.7 Å². The van der Waals surface area contributed by atoms with Gasteiger partial charge < -0.3 is 5.01 Å². The number of hydrazine groups is 1. The minimum absolute atomic E-state index is 0.826. The number of aromatic amines is 1. The summed E-state index contributed by atoms with van der Waals surface area (Å²) in [4.78, 5) is 4.95. The molecule has 1 aliphatic rings. The monoisotopic (exact) mass is 378 g/mol. The molecular weight excluding hydrogens is 360 g/mol. The van der Waals surface area contributed by atoms with Crippen molar-refractivity contribution in [1.82, 2.24) is 39.4 Å². The topological polar surface area (TPSA) is 78.8 Å². The number of H-pyrrole nitrogens is 1. The van der Waals surface area contributed by atoms with Crippen molar-refractivity contribution in [3.05, 3.63) is 42.2 Å². The Morgan fingerprint density at radius 3 is 2.70 bits per heavy atom. The number of likely N-dealkylation sites (N-methyl/N-ethyl adjacent to an activating group) is 1. The van der Waals surface area contributed by atoms with Crippen LogP contribution in [-0.4, -0.2) is 60.0 Å². The average molecular weight is 378 g/mol. The molecule has 0 aliphatic carbocycles. The van der Waals surface area contributed by atoms with Crippen molar-refractivity contribution in [1.29, 1.82) is 0 Å². The zero-order chi connectivity index (χ0) is 18.5. The number of nitrogens with zero attached hydrogens (tertiary/aromatic N) is 7. The summed E-state index contributed by atoms with van der Waals surface area (Å²) in [5, 5.41) is 15.7. The van der Waals surface area contributed by atoms with Crippen LogP contribution in [0.25, 0.3) is 38.7 Å². The van der Waals surface area contributed by atoms with Crippen molar-refractivity contribution >= 4 is 27.4 Å². The Labute approximate surface area is 159 Å². The van der Waals surface area contributed by atoms with Gasteiger partial charge in [0.1, 0.15) is 11.2 Å². The van der Waals surface area contributed by atoms with Gasteiger partial charge in [-0.1, -0.05) is 0 Å². The fourth-order valence-corrected chi connectivity index (χ4v) is 4.23. The number of pyridine rings is 1. The van der Waals surface area contributed by atoms with Gasteiger partial charge in [0, 0.05) is 45.6 Å². The molecule has 0 spiro atoms. The van der Waals surface area contributed by atoms with E-state index >= 15 is 0 Å². The zero-order valence-corrected chi connectivity index (χ0v) is 16.0. The van der Waals surface area contributed by atoms with Gasteiger partial charge in [0.15, 0.2) is 0 Å². The van der Waals surface area contributed by atoms with E-state index in [4.69, 9.17) is 4.98 Å². The second kappa shape index (κ2) is 6.00. The number of fused-ring (bicyclic) bond motifs is 1. The molecule has 9 heteroatoms. The Hall–Kier alpha value is -3.04. The van der Waals surface area contributed by atoms with E-state index in [1.54, 1.807) is 12.4 Å². The lowest BCUT2D eigenvalue weighted by molar-refractivity contribution is 0.129. The molecule has 0 aromatic carbocycles. The lowest BCUT2D eigenvalue weighted by Crippen LogP contribution is -2.29. The number of hydrogen-bond donors (Lipinski definition) is 1. The van der Waals surface area contributed by atoms with Gasteiger partial charge in [-0.15, -0.1) is 0 Å². The molecule has 0 fully saturated rings. The first-order chi connectivity index (χ1) is 13.1. The molecule has 0 bridgehead atoms. The highest BCUT2D eigenvalue weighted by Gasteiger charge is 2.24. The van der Waals surface area contributed by atoms with E-state index in [2.05, 4.69) is 55.9 Å². The number of aryl methyl sites for hydroxylation is 1. The highest BCUT2D eigenvalue weighted by atomic mass is 32.1. The smallest absolute Gasteiger partial charge is 0.128 e. The van der Waals surface area contributed by atoms with Crippen LogP contribution in [0, 0.1) is 0 Å². The van der Waals surface area contributed by atoms with Gasteiger partial charge in [0.25, 0.3) is 0 Å². The van der Waals surface area contributed by atoms with Crippen molar-refractivity contribution in [3.63, 3.8) is 0 Å². The van der Waals surface area contributed by atoms with Crippen molar-refractivity contribution < 1.29 is 0 Å². The van der Waals surface area contributed by atoms with Crippen LogP contribution in [0.5, 0.6) is 0 Å². The van der Waals surface area contributed by atoms with Gasteiger partial charge in [-0.05, 0) is 35.8 Å². The number of hydrogen-bond acceptors (Lipinski definition) is 7. The third kappa shape index (κ3) is 2.47. The minimum atomic E-state index is 0.826. The Kier molecular flexibility index (Phi) is 3.59. The molecule has 0 unspecified atom stereocenters. The Morgan fingerprint density at radius 1 is 1.15 bits per heavy atom. The quantitative estimate of drug-likeness (QED) is 0.590. The van der Waals surface area contributed by atoms with E-state index < -0.39 is 0 Å². The van der Waals surface area contributed by atoms with E-state index in [1.807, 2.05) is 23.9 Å². The first kappa shape index (κ1) is 16.2. The fraction of sp³-hybridized carbons (Fsp3) is 0.222. The van der Waals surface area contributed by atoms with Crippen LogP contribution < -0.4 is 0 Å². The molecule has 136 valence electrons. The predicted octanol–water partition coefficient (Wildman–Crippen LogP) is 2.62. The highest BCUT2D eigenvalue weighted by Crippen LogP contribution is 2.38. The van der Waals surface area contributed by atoms with Gasteiger partial charge in [-0.3, -0.25) is 9.78 Å². The Balaban J connectivity index is 1.80. The van der Waals surface area contributed by atoms with Gasteiger partial charge >= 0.3 is 0 Å². The molecule has 1 aliphatic heterocycles. The maximum absolute atomic E-state index is 4.95. The molecular formula is C18H18N8S. The van der Waals surface area contributed by atoms with Crippen LogP contribution in [0.3, 0.4) is 0 Å². The van der Waals surface area contributed by atoms with Crippen LogP contribution in [0.1, 0.15) is 5.56 Å². The molecule has 0 atom stereocenters. The number of rotatable bonds is 3. The first-order valence-corrected chi connectivity index (χ1v) is 9.34. The standard InChI is InChI=1S/C18H18N8S/c1-24-9-6-14(26(24)3)11-10-13(15-5-8-20-25(15)2)21-17-16(23-27-18(11)17)12-4-7-19-22-12/h4-8,10H,9H2,1-3H3,(H,19,22). The molecule has 8 nitrogen and oxygen atoms in total. The maximum atomic E-state index is 4.95. The van der Waals surface area contributed by atoms with Crippen molar-refractivity contribution in [3.8, 4) is 22.8 Å². The summed E-state index contributed by atoms with van der Waals surface area (Å²) in [6.07, 6.45) is 5.75. The first-order valence-electron chi connectivity index (χ1n) is 8.57. The van der Waals surface area contributed by atoms with Crippen LogP contribution >= 0.6 is 11.5 Å². The van der Waals surface area contributed by atoms with E-state index in [1.165, 1.54) is 11.5 Å². The van der Waals surface area contributed by atoms with Crippen molar-refractivity contribution in [2.45, 2.75) is 0 Å². The summed E-state index contributed by atoms with van der Waals surface area (Å²) >= 11 is 1.47. The fourth-order valence-electron chi connectivity index (χ4n) is 3.37. The normalized spacial score (nSPS) is 15.1. The third-order valence-corrected chi connectivity index (χ3v) is 5.82. The summed E-state index contributed by atoms with van der Waals surface area (Å²) in [5.74, 6) is 0. The van der Waals surface area contributed by atoms with Crippen LogP contribution in [0.2, 0.25) is 0 Å². The van der Waals surface area contributed by atoms with Crippen LogP contribution in [-0.2, 0) is 7.05 Å². The SMILES string of the molecule is CN1CC=C(c2cc(-c3ccnn3C)nc3c(-c4ccn[nH]4)nsc23)N1C. The second-order valence-corrected chi connectivity index (χ2v) is 7.30. The molecule has 1 N–H and O–H groups in total. The van der Waals surface area contributed by atoms with Crippen molar-refractivity contribution in [2.24, 2.45) is 7.05 Å². The zero-order valence-electron chi connectivity index (χ0n) is 15.2. The predicted molar refractivity (Wildman–Crippen MR) is 106 cm³/mol. The summed E-state index contributed by atoms with van der Waals surface area (Å²) in [6, 6.07) is 6.03. The van der Waals surface area contributed by atoms with E-state index in [-0.39, 0.29) is 0 Å². The van der Waals surface area contributed by atoms with Crippen LogP contribution in [0.4, 0.5) is 0 Å². The molecule has 5 heterocycles. The van der Waals surface area contributed by atoms with Gasteiger partial charge in [0.2, 0.25) is 0 Å². The number of aromatic nitrogens is 6. The molecule has 0 amide bonds. The number of nitrogens with one attached hydrogen (secondary N) is 1. The third-order valence-electron chi connectivity index (χ3n) is 4.95. The maximum Gasteiger partial charge on any atom is 0.128 e. The lowest BCUT2D eigenvalue weighted by Gasteiger charge is -2.25.